The molecule has 2 heterocycles. The molecule has 6 heteroatoms. The predicted molar refractivity (Wildman–Crippen MR) is 73.2 cm³/mol. The number of hydrogen-bond acceptors (Lipinski definition) is 5. The van der Waals surface area contributed by atoms with Crippen LogP contribution in [0.5, 0.6) is 0 Å². The van der Waals surface area contributed by atoms with Gasteiger partial charge in [-0.05, 0) is 12.5 Å². The summed E-state index contributed by atoms with van der Waals surface area (Å²) >= 11 is 0. The fourth-order valence-electron chi connectivity index (χ4n) is 2.31. The van der Waals surface area contributed by atoms with Gasteiger partial charge in [-0.25, -0.2) is 9.97 Å². The third-order valence-corrected chi connectivity index (χ3v) is 3.65. The number of carbonyl (C=O) groups excluding carboxylic acids is 1. The summed E-state index contributed by atoms with van der Waals surface area (Å²) in [5.74, 6) is 0.468. The largest absolute Gasteiger partial charge is 0.396 e. The Bertz CT molecular complexity index is 478. The molecule has 0 saturated carbocycles. The third kappa shape index (κ3) is 3.13. The molecule has 0 radical (unpaired) electrons. The SMILES string of the molecule is CC(C)c1nccc(C(=O)N2CC[C@H](CO)[C@H](O)C2)n1. The monoisotopic (exact) mass is 279 g/mol. The zero-order valence-corrected chi connectivity index (χ0v) is 11.9. The van der Waals surface area contributed by atoms with Gasteiger partial charge in [0.05, 0.1) is 6.10 Å². The number of nitrogens with zero attached hydrogens (tertiary/aromatic N) is 3. The van der Waals surface area contributed by atoms with E-state index < -0.39 is 6.10 Å². The van der Waals surface area contributed by atoms with E-state index in [9.17, 15) is 9.90 Å². The Balaban J connectivity index is 2.10. The van der Waals surface area contributed by atoms with Crippen molar-refractivity contribution in [2.45, 2.75) is 32.3 Å². The first kappa shape index (κ1) is 14.9. The first-order valence-corrected chi connectivity index (χ1v) is 6.94. The number of rotatable bonds is 3. The zero-order chi connectivity index (χ0) is 14.7. The van der Waals surface area contributed by atoms with Gasteiger partial charge in [0.25, 0.3) is 5.91 Å². The number of aliphatic hydroxyl groups excluding tert-OH is 2. The predicted octanol–water partition coefficient (Wildman–Crippen LogP) is 0.415. The van der Waals surface area contributed by atoms with E-state index >= 15 is 0 Å². The van der Waals surface area contributed by atoms with Crippen molar-refractivity contribution >= 4 is 5.91 Å². The molecular weight excluding hydrogens is 258 g/mol. The Labute approximate surface area is 118 Å². The van der Waals surface area contributed by atoms with Crippen LogP contribution in [0.15, 0.2) is 12.3 Å². The maximum absolute atomic E-state index is 12.4. The summed E-state index contributed by atoms with van der Waals surface area (Å²) in [6.07, 6.45) is 1.52. The second-order valence-corrected chi connectivity index (χ2v) is 5.50. The van der Waals surface area contributed by atoms with Crippen LogP contribution in [0.4, 0.5) is 0 Å². The lowest BCUT2D eigenvalue weighted by atomic mass is 9.94. The van der Waals surface area contributed by atoms with Gasteiger partial charge < -0.3 is 15.1 Å². The van der Waals surface area contributed by atoms with Crippen LogP contribution in [-0.2, 0) is 0 Å². The van der Waals surface area contributed by atoms with Crippen molar-refractivity contribution in [2.24, 2.45) is 5.92 Å². The second-order valence-electron chi connectivity index (χ2n) is 5.50. The molecule has 0 spiro atoms. The molecule has 2 N–H and O–H groups in total. The topological polar surface area (TPSA) is 86.6 Å². The molecule has 110 valence electrons. The lowest BCUT2D eigenvalue weighted by Crippen LogP contribution is -2.47. The molecule has 20 heavy (non-hydrogen) atoms. The average molecular weight is 279 g/mol. The van der Waals surface area contributed by atoms with Gasteiger partial charge in [-0.3, -0.25) is 4.79 Å². The molecule has 2 rings (SSSR count). The van der Waals surface area contributed by atoms with E-state index in [0.717, 1.165) is 0 Å². The number of piperidine rings is 1. The highest BCUT2D eigenvalue weighted by atomic mass is 16.3. The number of hydrogen-bond donors (Lipinski definition) is 2. The summed E-state index contributed by atoms with van der Waals surface area (Å²) in [7, 11) is 0. The highest BCUT2D eigenvalue weighted by Crippen LogP contribution is 2.19. The average Bonchev–Trinajstić information content (AvgIpc) is 2.46. The molecule has 1 amide bonds. The molecule has 0 bridgehead atoms. The van der Waals surface area contributed by atoms with Crippen LogP contribution in [0, 0.1) is 5.92 Å². The highest BCUT2D eigenvalue weighted by Gasteiger charge is 2.30. The normalized spacial score (nSPS) is 23.1. The number of aliphatic hydroxyl groups is 2. The Kier molecular flexibility index (Phi) is 4.67. The molecule has 2 atom stereocenters. The maximum atomic E-state index is 12.4. The fourth-order valence-corrected chi connectivity index (χ4v) is 2.31. The zero-order valence-electron chi connectivity index (χ0n) is 11.9. The van der Waals surface area contributed by atoms with E-state index in [-0.39, 0.29) is 30.9 Å². The van der Waals surface area contributed by atoms with Gasteiger partial charge >= 0.3 is 0 Å². The van der Waals surface area contributed by atoms with Gasteiger partial charge in [-0.2, -0.15) is 0 Å². The number of aromatic nitrogens is 2. The Hall–Kier alpha value is -1.53. The highest BCUT2D eigenvalue weighted by molar-refractivity contribution is 5.92. The minimum absolute atomic E-state index is 0.0474. The summed E-state index contributed by atoms with van der Waals surface area (Å²) in [6, 6.07) is 1.60. The van der Waals surface area contributed by atoms with Crippen molar-refractivity contribution < 1.29 is 15.0 Å². The summed E-state index contributed by atoms with van der Waals surface area (Å²) in [5, 5.41) is 19.0. The molecule has 1 aromatic heterocycles. The molecule has 0 aliphatic carbocycles. The number of amides is 1. The van der Waals surface area contributed by atoms with Crippen molar-refractivity contribution in [3.63, 3.8) is 0 Å². The van der Waals surface area contributed by atoms with Crippen LogP contribution in [0.25, 0.3) is 0 Å². The summed E-state index contributed by atoms with van der Waals surface area (Å²) < 4.78 is 0. The fraction of sp³-hybridized carbons (Fsp3) is 0.643. The van der Waals surface area contributed by atoms with Crippen LogP contribution in [0.3, 0.4) is 0 Å². The minimum atomic E-state index is -0.677. The molecule has 0 unspecified atom stereocenters. The van der Waals surface area contributed by atoms with Crippen molar-refractivity contribution in [2.75, 3.05) is 19.7 Å². The molecule has 1 aromatic rings. The van der Waals surface area contributed by atoms with Crippen LogP contribution < -0.4 is 0 Å². The van der Waals surface area contributed by atoms with Crippen LogP contribution >= 0.6 is 0 Å². The van der Waals surface area contributed by atoms with Gasteiger partial charge in [-0.1, -0.05) is 13.8 Å². The number of likely N-dealkylation sites (tertiary alicyclic amines) is 1. The molecule has 1 aliphatic rings. The first-order chi connectivity index (χ1) is 9.52. The summed E-state index contributed by atoms with van der Waals surface area (Å²) in [5.41, 5.74) is 0.360. The smallest absolute Gasteiger partial charge is 0.272 e. The molecule has 1 aliphatic heterocycles. The molecule has 1 saturated heterocycles. The van der Waals surface area contributed by atoms with Crippen molar-refractivity contribution in [1.82, 2.24) is 14.9 Å². The van der Waals surface area contributed by atoms with Crippen molar-refractivity contribution in [3.05, 3.63) is 23.8 Å². The van der Waals surface area contributed by atoms with E-state index in [1.165, 1.54) is 0 Å². The third-order valence-electron chi connectivity index (χ3n) is 3.65. The lowest BCUT2D eigenvalue weighted by Gasteiger charge is -2.34. The van der Waals surface area contributed by atoms with Gasteiger partial charge in [0.15, 0.2) is 0 Å². The van der Waals surface area contributed by atoms with Crippen molar-refractivity contribution in [3.8, 4) is 0 Å². The molecule has 6 nitrogen and oxygen atoms in total. The van der Waals surface area contributed by atoms with E-state index in [0.29, 0.717) is 24.5 Å². The Morgan fingerprint density at radius 3 is 2.90 bits per heavy atom. The first-order valence-electron chi connectivity index (χ1n) is 6.94. The molecular formula is C14H21N3O3. The van der Waals surface area contributed by atoms with E-state index in [1.807, 2.05) is 13.8 Å². The summed E-state index contributed by atoms with van der Waals surface area (Å²) in [4.78, 5) is 22.4. The van der Waals surface area contributed by atoms with Gasteiger partial charge in [0.1, 0.15) is 11.5 Å². The number of β-amino-alcohol motifs (C(OH)–C–C–N with tert-alkyl or cyclic N) is 1. The quantitative estimate of drug-likeness (QED) is 0.837. The van der Waals surface area contributed by atoms with E-state index in [1.54, 1.807) is 17.2 Å². The van der Waals surface area contributed by atoms with Crippen LogP contribution in [0.1, 0.15) is 42.5 Å². The molecule has 1 fully saturated rings. The van der Waals surface area contributed by atoms with Gasteiger partial charge in [0.2, 0.25) is 0 Å². The Morgan fingerprint density at radius 1 is 1.55 bits per heavy atom. The lowest BCUT2D eigenvalue weighted by molar-refractivity contribution is 0.000640. The number of carbonyl (C=O) groups is 1. The second kappa shape index (κ2) is 6.28. The van der Waals surface area contributed by atoms with Gasteiger partial charge in [-0.15, -0.1) is 0 Å². The van der Waals surface area contributed by atoms with E-state index in [4.69, 9.17) is 5.11 Å². The van der Waals surface area contributed by atoms with Gasteiger partial charge in [0, 0.05) is 37.7 Å². The van der Waals surface area contributed by atoms with E-state index in [2.05, 4.69) is 9.97 Å². The molecule has 0 aromatic carbocycles. The minimum Gasteiger partial charge on any atom is -0.396 e. The summed E-state index contributed by atoms with van der Waals surface area (Å²) in [6.45, 7) is 4.67. The van der Waals surface area contributed by atoms with Crippen LogP contribution in [-0.4, -0.2) is 56.8 Å². The Morgan fingerprint density at radius 2 is 2.30 bits per heavy atom. The standard InChI is InChI=1S/C14H21N3O3/c1-9(2)13-15-5-3-11(16-13)14(20)17-6-4-10(8-18)12(19)7-17/h3,5,9-10,12,18-19H,4,6-8H2,1-2H3/t10-,12-/m1/s1. The van der Waals surface area contributed by atoms with Crippen LogP contribution in [0.2, 0.25) is 0 Å². The van der Waals surface area contributed by atoms with Crippen molar-refractivity contribution in [1.29, 1.82) is 0 Å². The maximum Gasteiger partial charge on any atom is 0.272 e.